The van der Waals surface area contributed by atoms with Crippen LogP contribution in [0.5, 0.6) is 0 Å². The molecule has 0 aromatic rings. The van der Waals surface area contributed by atoms with Crippen LogP contribution in [0.25, 0.3) is 0 Å². The molecule has 0 aromatic heterocycles. The number of carbonyl (C=O) groups is 1. The van der Waals surface area contributed by atoms with Crippen molar-refractivity contribution in [2.24, 2.45) is 5.92 Å². The molecule has 0 N–H and O–H groups in total. The summed E-state index contributed by atoms with van der Waals surface area (Å²) in [6, 6.07) is 0. The summed E-state index contributed by atoms with van der Waals surface area (Å²) in [6.45, 7) is 1.12. The Bertz CT molecular complexity index is 181. The summed E-state index contributed by atoms with van der Waals surface area (Å²) in [4.78, 5) is 11.5. The van der Waals surface area contributed by atoms with Crippen molar-refractivity contribution in [2.45, 2.75) is 32.1 Å². The second kappa shape index (κ2) is 4.23. The normalized spacial score (nSPS) is 24.8. The van der Waals surface area contributed by atoms with Crippen LogP contribution in [-0.4, -0.2) is 38.0 Å². The van der Waals surface area contributed by atoms with E-state index in [-0.39, 0.29) is 0 Å². The average Bonchev–Trinajstić information content (AvgIpc) is 2.01. The highest BCUT2D eigenvalue weighted by Gasteiger charge is 2.23. The lowest BCUT2D eigenvalue weighted by Crippen LogP contribution is -2.37. The number of Topliss-reactive ketones (excluding diaryl/α,β-unsaturated/α-hetero) is 1. The van der Waals surface area contributed by atoms with Gasteiger partial charge in [0.2, 0.25) is 0 Å². The molecule has 13 heavy (non-hydrogen) atoms. The molecule has 1 unspecified atom stereocenters. The van der Waals surface area contributed by atoms with E-state index in [1.807, 2.05) is 0 Å². The van der Waals surface area contributed by atoms with Gasteiger partial charge in [-0.05, 0) is 12.8 Å². The lowest BCUT2D eigenvalue weighted by molar-refractivity contribution is -0.870. The summed E-state index contributed by atoms with van der Waals surface area (Å²) >= 11 is 0. The minimum Gasteiger partial charge on any atom is -0.331 e. The number of rotatable bonds is 3. The fraction of sp³-hybridized carbons (Fsp3) is 0.909. The third-order valence-electron chi connectivity index (χ3n) is 2.83. The van der Waals surface area contributed by atoms with Crippen LogP contribution in [0.3, 0.4) is 0 Å². The number of ketones is 1. The van der Waals surface area contributed by atoms with E-state index >= 15 is 0 Å². The molecule has 0 bridgehead atoms. The lowest BCUT2D eigenvalue weighted by atomic mass is 9.85. The van der Waals surface area contributed by atoms with Gasteiger partial charge in [0.05, 0.1) is 27.7 Å². The number of nitrogens with zero attached hydrogens (tertiary/aromatic N) is 1. The van der Waals surface area contributed by atoms with Gasteiger partial charge in [-0.3, -0.25) is 4.79 Å². The van der Waals surface area contributed by atoms with Gasteiger partial charge in [0.15, 0.2) is 0 Å². The highest BCUT2D eigenvalue weighted by atomic mass is 16.1. The van der Waals surface area contributed by atoms with E-state index in [0.717, 1.165) is 36.7 Å². The highest BCUT2D eigenvalue weighted by Crippen LogP contribution is 2.23. The summed E-state index contributed by atoms with van der Waals surface area (Å²) in [5, 5.41) is 0. The second-order valence-corrected chi connectivity index (χ2v) is 5.21. The molecule has 1 rings (SSSR count). The molecular weight excluding hydrogens is 162 g/mol. The van der Waals surface area contributed by atoms with Gasteiger partial charge in [-0.15, -0.1) is 0 Å². The van der Waals surface area contributed by atoms with Gasteiger partial charge in [0.1, 0.15) is 5.78 Å². The fourth-order valence-electron chi connectivity index (χ4n) is 1.90. The van der Waals surface area contributed by atoms with Crippen molar-refractivity contribution in [3.63, 3.8) is 0 Å². The minimum atomic E-state index is 0.381. The number of carbonyl (C=O) groups excluding carboxylic acids is 1. The molecule has 1 fully saturated rings. The first kappa shape index (κ1) is 10.7. The lowest BCUT2D eigenvalue weighted by Gasteiger charge is -2.27. The molecule has 1 atom stereocenters. The predicted octanol–water partition coefficient (Wildman–Crippen LogP) is 1.84. The maximum atomic E-state index is 11.5. The van der Waals surface area contributed by atoms with Gasteiger partial charge in [0, 0.05) is 18.8 Å². The fourth-order valence-corrected chi connectivity index (χ4v) is 1.90. The monoisotopic (exact) mass is 184 g/mol. The van der Waals surface area contributed by atoms with Crippen molar-refractivity contribution >= 4 is 5.78 Å². The first-order valence-electron chi connectivity index (χ1n) is 5.32. The SMILES string of the molecule is C[N+](C)(C)CCC1CCCCC1=O. The third kappa shape index (κ3) is 3.90. The third-order valence-corrected chi connectivity index (χ3v) is 2.83. The molecule has 0 amide bonds. The minimum absolute atomic E-state index is 0.381. The zero-order chi connectivity index (χ0) is 9.90. The molecular formula is C11H22NO+. The molecule has 2 heteroatoms. The number of hydrogen-bond donors (Lipinski definition) is 0. The van der Waals surface area contributed by atoms with Gasteiger partial charge in [-0.2, -0.15) is 0 Å². The van der Waals surface area contributed by atoms with Crippen LogP contribution in [0.4, 0.5) is 0 Å². The number of hydrogen-bond acceptors (Lipinski definition) is 1. The average molecular weight is 184 g/mol. The highest BCUT2D eigenvalue weighted by molar-refractivity contribution is 5.81. The summed E-state index contributed by atoms with van der Waals surface area (Å²) in [5.74, 6) is 0.894. The van der Waals surface area contributed by atoms with Gasteiger partial charge in [-0.25, -0.2) is 0 Å². The topological polar surface area (TPSA) is 17.1 Å². The van der Waals surface area contributed by atoms with E-state index in [0.29, 0.717) is 11.7 Å². The van der Waals surface area contributed by atoms with Gasteiger partial charge >= 0.3 is 0 Å². The summed E-state index contributed by atoms with van der Waals surface area (Å²) in [5.41, 5.74) is 0. The van der Waals surface area contributed by atoms with Crippen LogP contribution in [0, 0.1) is 5.92 Å². The predicted molar refractivity (Wildman–Crippen MR) is 54.5 cm³/mol. The van der Waals surface area contributed by atoms with Crippen LogP contribution in [-0.2, 0) is 4.79 Å². The van der Waals surface area contributed by atoms with Crippen molar-refractivity contribution in [3.05, 3.63) is 0 Å². The van der Waals surface area contributed by atoms with Crippen molar-refractivity contribution in [3.8, 4) is 0 Å². The van der Waals surface area contributed by atoms with Crippen LogP contribution >= 0.6 is 0 Å². The molecule has 1 saturated carbocycles. The Morgan fingerprint density at radius 3 is 2.54 bits per heavy atom. The van der Waals surface area contributed by atoms with Crippen LogP contribution in [0.1, 0.15) is 32.1 Å². The molecule has 0 aliphatic heterocycles. The zero-order valence-corrected chi connectivity index (χ0v) is 9.18. The van der Waals surface area contributed by atoms with E-state index in [2.05, 4.69) is 21.1 Å². The van der Waals surface area contributed by atoms with E-state index in [9.17, 15) is 4.79 Å². The Balaban J connectivity index is 2.31. The molecule has 0 heterocycles. The van der Waals surface area contributed by atoms with Crippen molar-refractivity contribution in [1.29, 1.82) is 0 Å². The van der Waals surface area contributed by atoms with Crippen LogP contribution < -0.4 is 0 Å². The Kier molecular flexibility index (Phi) is 3.48. The van der Waals surface area contributed by atoms with Gasteiger partial charge in [-0.1, -0.05) is 6.42 Å². The molecule has 76 valence electrons. The van der Waals surface area contributed by atoms with E-state index in [1.165, 1.54) is 6.42 Å². The molecule has 1 aliphatic rings. The van der Waals surface area contributed by atoms with Crippen LogP contribution in [0.2, 0.25) is 0 Å². The van der Waals surface area contributed by atoms with Gasteiger partial charge in [0.25, 0.3) is 0 Å². The van der Waals surface area contributed by atoms with Gasteiger partial charge < -0.3 is 4.48 Å². The molecule has 2 nitrogen and oxygen atoms in total. The number of quaternary nitrogens is 1. The first-order chi connectivity index (χ1) is 5.99. The van der Waals surface area contributed by atoms with E-state index in [1.54, 1.807) is 0 Å². The molecule has 1 aliphatic carbocycles. The Hall–Kier alpha value is -0.370. The molecule has 0 saturated heterocycles. The molecule has 0 spiro atoms. The van der Waals surface area contributed by atoms with Crippen molar-refractivity contribution in [1.82, 2.24) is 0 Å². The standard InChI is InChI=1S/C11H22NO/c1-12(2,3)9-8-10-6-4-5-7-11(10)13/h10H,4-9H2,1-3H3/q+1. The summed E-state index contributed by atoms with van der Waals surface area (Å²) < 4.78 is 0.976. The Morgan fingerprint density at radius 1 is 1.31 bits per heavy atom. The van der Waals surface area contributed by atoms with E-state index in [4.69, 9.17) is 0 Å². The Labute approximate surface area is 81.5 Å². The first-order valence-corrected chi connectivity index (χ1v) is 5.32. The molecule has 0 radical (unpaired) electrons. The van der Waals surface area contributed by atoms with E-state index < -0.39 is 0 Å². The summed E-state index contributed by atoms with van der Waals surface area (Å²) in [6.07, 6.45) is 5.44. The molecule has 0 aromatic carbocycles. The Morgan fingerprint density at radius 2 is 2.00 bits per heavy atom. The zero-order valence-electron chi connectivity index (χ0n) is 9.18. The smallest absolute Gasteiger partial charge is 0.136 e. The van der Waals surface area contributed by atoms with Crippen molar-refractivity contribution < 1.29 is 9.28 Å². The largest absolute Gasteiger partial charge is 0.331 e. The van der Waals surface area contributed by atoms with Crippen LogP contribution in [0.15, 0.2) is 0 Å². The van der Waals surface area contributed by atoms with Crippen molar-refractivity contribution in [2.75, 3.05) is 27.7 Å². The quantitative estimate of drug-likeness (QED) is 0.612. The second-order valence-electron chi connectivity index (χ2n) is 5.21. The maximum Gasteiger partial charge on any atom is 0.136 e. The summed E-state index contributed by atoms with van der Waals surface area (Å²) in [7, 11) is 6.56. The maximum absolute atomic E-state index is 11.5.